The summed E-state index contributed by atoms with van der Waals surface area (Å²) in [5, 5.41) is 25.4. The number of amides is 1. The largest absolute Gasteiger partial charge is 0.505 e. The third-order valence-electron chi connectivity index (χ3n) is 6.53. The Morgan fingerprint density at radius 3 is 2.63 bits per heavy atom. The van der Waals surface area contributed by atoms with Gasteiger partial charge in [0.2, 0.25) is 5.91 Å². The molecule has 9 heteroatoms. The minimum Gasteiger partial charge on any atom is -0.505 e. The molecular formula is C26H32FN3O4S. The van der Waals surface area contributed by atoms with Crippen LogP contribution in [0.25, 0.3) is 6.08 Å². The van der Waals surface area contributed by atoms with Gasteiger partial charge in [-0.1, -0.05) is 24.3 Å². The van der Waals surface area contributed by atoms with E-state index in [2.05, 4.69) is 5.32 Å². The summed E-state index contributed by atoms with van der Waals surface area (Å²) in [4.78, 5) is 16.2. The molecule has 0 saturated heterocycles. The zero-order valence-corrected chi connectivity index (χ0v) is 21.1. The Hall–Kier alpha value is -2.75. The number of rotatable bonds is 9. The minimum atomic E-state index is -1.10. The third kappa shape index (κ3) is 4.85. The van der Waals surface area contributed by atoms with E-state index >= 15 is 0 Å². The van der Waals surface area contributed by atoms with Crippen molar-refractivity contribution >= 4 is 29.4 Å². The van der Waals surface area contributed by atoms with Crippen LogP contribution in [0.2, 0.25) is 0 Å². The normalized spacial score (nSPS) is 18.7. The topological polar surface area (TPSA) is 85.3 Å². The first-order chi connectivity index (χ1) is 16.9. The van der Waals surface area contributed by atoms with Crippen molar-refractivity contribution in [1.29, 1.82) is 0 Å². The summed E-state index contributed by atoms with van der Waals surface area (Å²) in [5.41, 5.74) is 3.19. The van der Waals surface area contributed by atoms with Gasteiger partial charge in [-0.15, -0.1) is 11.8 Å². The van der Waals surface area contributed by atoms with Crippen molar-refractivity contribution in [3.05, 3.63) is 58.4 Å². The molecule has 2 aromatic rings. The highest BCUT2D eigenvalue weighted by Crippen LogP contribution is 2.58. The molecule has 188 valence electrons. The molecule has 3 N–H and O–H groups in total. The third-order valence-corrected chi connectivity index (χ3v) is 7.79. The average molecular weight is 502 g/mol. The fourth-order valence-corrected chi connectivity index (χ4v) is 6.07. The summed E-state index contributed by atoms with van der Waals surface area (Å²) in [6.45, 7) is 6.13. The summed E-state index contributed by atoms with van der Waals surface area (Å²) in [7, 11) is 1.58. The number of halogens is 1. The molecule has 0 radical (unpaired) electrons. The Bertz CT molecular complexity index is 1110. The van der Waals surface area contributed by atoms with Crippen LogP contribution in [0.15, 0.2) is 30.3 Å². The zero-order chi connectivity index (χ0) is 25.1. The summed E-state index contributed by atoms with van der Waals surface area (Å²) in [6.07, 6.45) is 3.12. The molecule has 1 amide bonds. The zero-order valence-electron chi connectivity index (χ0n) is 20.3. The highest BCUT2D eigenvalue weighted by molar-refractivity contribution is 7.99. The van der Waals surface area contributed by atoms with Crippen LogP contribution in [0.5, 0.6) is 11.5 Å². The van der Waals surface area contributed by atoms with Crippen LogP contribution in [0, 0.1) is 5.82 Å². The lowest BCUT2D eigenvalue weighted by Crippen LogP contribution is -2.31. The van der Waals surface area contributed by atoms with Gasteiger partial charge in [0.05, 0.1) is 18.2 Å². The van der Waals surface area contributed by atoms with Gasteiger partial charge in [0, 0.05) is 55.0 Å². The number of methoxy groups -OCH3 is 1. The number of hydrogen-bond acceptors (Lipinski definition) is 7. The van der Waals surface area contributed by atoms with Gasteiger partial charge in [-0.05, 0) is 31.5 Å². The summed E-state index contributed by atoms with van der Waals surface area (Å²) in [5.74, 6) is 0.869. The van der Waals surface area contributed by atoms with E-state index < -0.39 is 6.23 Å². The second-order valence-electron chi connectivity index (χ2n) is 8.49. The lowest BCUT2D eigenvalue weighted by molar-refractivity contribution is -0.130. The highest BCUT2D eigenvalue weighted by atomic mass is 32.2. The molecule has 2 unspecified atom stereocenters. The van der Waals surface area contributed by atoms with E-state index in [0.29, 0.717) is 60.9 Å². The van der Waals surface area contributed by atoms with Crippen LogP contribution in [-0.2, 0) is 11.3 Å². The summed E-state index contributed by atoms with van der Waals surface area (Å²) < 4.78 is 19.3. The molecule has 0 spiro atoms. The molecule has 2 aliphatic rings. The van der Waals surface area contributed by atoms with Crippen LogP contribution in [-0.4, -0.2) is 58.4 Å². The molecule has 0 aromatic heterocycles. The van der Waals surface area contributed by atoms with Crippen LogP contribution in [0.4, 0.5) is 10.1 Å². The van der Waals surface area contributed by atoms with Crippen molar-refractivity contribution in [1.82, 2.24) is 9.80 Å². The molecule has 2 aliphatic heterocycles. The number of phenolic OH excluding ortho intramolecular Hbond substituents is 1. The fourth-order valence-electron chi connectivity index (χ4n) is 4.77. The Morgan fingerprint density at radius 2 is 1.97 bits per heavy atom. The second kappa shape index (κ2) is 10.9. The number of phenols is 1. The van der Waals surface area contributed by atoms with E-state index in [1.807, 2.05) is 30.9 Å². The number of hydrogen-bond donors (Lipinski definition) is 3. The van der Waals surface area contributed by atoms with Crippen molar-refractivity contribution in [2.24, 2.45) is 0 Å². The Kier molecular flexibility index (Phi) is 7.88. The quantitative estimate of drug-likeness (QED) is 0.437. The number of nitrogens with one attached hydrogen (secondary N) is 1. The van der Waals surface area contributed by atoms with Crippen LogP contribution >= 0.6 is 11.8 Å². The number of carbonyl (C=O) groups is 1. The number of anilines is 1. The summed E-state index contributed by atoms with van der Waals surface area (Å²) in [6, 6.07) is 6.15. The van der Waals surface area contributed by atoms with Gasteiger partial charge in [-0.25, -0.2) is 4.39 Å². The molecule has 4 rings (SSSR count). The maximum Gasteiger partial charge on any atom is 0.223 e. The number of aliphatic hydroxyl groups excluding tert-OH is 1. The highest BCUT2D eigenvalue weighted by Gasteiger charge is 2.44. The van der Waals surface area contributed by atoms with E-state index in [1.165, 1.54) is 23.9 Å². The van der Waals surface area contributed by atoms with Gasteiger partial charge in [0.25, 0.3) is 0 Å². The summed E-state index contributed by atoms with van der Waals surface area (Å²) >= 11 is 1.53. The molecule has 2 heterocycles. The SMILES string of the molecule is CCN(CC)C(=O)CCSC1c2c(OC)c3c(c(O)c2C(O)N1Cc1ccc(F)cc1)NCC=C3. The van der Waals surface area contributed by atoms with Crippen molar-refractivity contribution in [2.75, 3.05) is 37.8 Å². The molecule has 0 bridgehead atoms. The predicted octanol–water partition coefficient (Wildman–Crippen LogP) is 4.48. The molecule has 2 atom stereocenters. The first kappa shape index (κ1) is 25.3. The monoisotopic (exact) mass is 501 g/mol. The lowest BCUT2D eigenvalue weighted by atomic mass is 9.97. The fraction of sp³-hybridized carbons (Fsp3) is 0.423. The van der Waals surface area contributed by atoms with Gasteiger partial charge in [0.1, 0.15) is 23.5 Å². The van der Waals surface area contributed by atoms with Crippen LogP contribution < -0.4 is 10.1 Å². The number of nitrogens with zero attached hydrogens (tertiary/aromatic N) is 2. The average Bonchev–Trinajstić information content (AvgIpc) is 3.13. The molecule has 0 saturated carbocycles. The standard InChI is InChI=1S/C26H32FN3O4S/c1-4-29(5-2)19(31)12-14-35-26-21-20(23(32)22-18(24(21)34-3)7-6-13-28-22)25(33)30(26)15-16-8-10-17(27)11-9-16/h6-11,25-26,28,32-33H,4-5,12-15H2,1-3H3. The lowest BCUT2D eigenvalue weighted by Gasteiger charge is -2.28. The Labute approximate surface area is 209 Å². The van der Waals surface area contributed by atoms with E-state index in [9.17, 15) is 19.4 Å². The smallest absolute Gasteiger partial charge is 0.223 e. The van der Waals surface area contributed by atoms with Crippen molar-refractivity contribution in [3.63, 3.8) is 0 Å². The van der Waals surface area contributed by atoms with E-state index in [1.54, 1.807) is 24.1 Å². The van der Waals surface area contributed by atoms with Crippen molar-refractivity contribution in [2.45, 2.75) is 38.4 Å². The van der Waals surface area contributed by atoms with Crippen molar-refractivity contribution in [3.8, 4) is 11.5 Å². The van der Waals surface area contributed by atoms with Crippen LogP contribution in [0.1, 0.15) is 54.1 Å². The minimum absolute atomic E-state index is 0.000858. The molecule has 0 aliphatic carbocycles. The molecule has 2 aromatic carbocycles. The Morgan fingerprint density at radius 1 is 1.26 bits per heavy atom. The van der Waals surface area contributed by atoms with Gasteiger partial charge in [-0.3, -0.25) is 9.69 Å². The van der Waals surface area contributed by atoms with Gasteiger partial charge in [-0.2, -0.15) is 0 Å². The maximum absolute atomic E-state index is 13.5. The first-order valence-corrected chi connectivity index (χ1v) is 12.9. The van der Waals surface area contributed by atoms with Crippen molar-refractivity contribution < 1.29 is 24.1 Å². The molecule has 35 heavy (non-hydrogen) atoms. The Balaban J connectivity index is 1.71. The number of aromatic hydroxyl groups is 1. The predicted molar refractivity (Wildman–Crippen MR) is 137 cm³/mol. The number of aliphatic hydroxyl groups is 1. The first-order valence-electron chi connectivity index (χ1n) is 11.9. The number of fused-ring (bicyclic) bond motifs is 2. The van der Waals surface area contributed by atoms with Crippen LogP contribution in [0.3, 0.4) is 0 Å². The van der Waals surface area contributed by atoms with Gasteiger partial charge >= 0.3 is 0 Å². The molecule has 0 fully saturated rings. The molecule has 7 nitrogen and oxygen atoms in total. The number of carbonyl (C=O) groups excluding carboxylic acids is 1. The van der Waals surface area contributed by atoms with E-state index in [0.717, 1.165) is 11.1 Å². The molecular weight excluding hydrogens is 469 g/mol. The number of benzene rings is 2. The van der Waals surface area contributed by atoms with E-state index in [-0.39, 0.29) is 22.8 Å². The number of thioether (sulfide) groups is 1. The van der Waals surface area contributed by atoms with E-state index in [4.69, 9.17) is 4.74 Å². The maximum atomic E-state index is 13.5. The number of ether oxygens (including phenoxy) is 1. The second-order valence-corrected chi connectivity index (χ2v) is 9.68. The van der Waals surface area contributed by atoms with Gasteiger partial charge < -0.3 is 25.2 Å². The van der Waals surface area contributed by atoms with Gasteiger partial charge in [0.15, 0.2) is 0 Å².